The molecule has 4 nitrogen and oxygen atoms in total. The number of carboxylic acid groups (broad SMARTS) is 1. The predicted octanol–water partition coefficient (Wildman–Crippen LogP) is 3.45. The molecule has 5 heteroatoms. The molecule has 0 bridgehead atoms. The third-order valence-electron chi connectivity index (χ3n) is 4.70. The summed E-state index contributed by atoms with van der Waals surface area (Å²) < 4.78 is 1.80. The van der Waals surface area contributed by atoms with Crippen molar-refractivity contribution in [3.8, 4) is 0 Å². The molecule has 0 spiro atoms. The normalized spacial score (nSPS) is 26.7. The Bertz CT molecular complexity index is 498. The van der Waals surface area contributed by atoms with Crippen LogP contribution in [0.15, 0.2) is 0 Å². The second kappa shape index (κ2) is 6.17. The van der Waals surface area contributed by atoms with Gasteiger partial charge in [0.2, 0.25) is 0 Å². The molecule has 20 heavy (non-hydrogen) atoms. The maximum atomic E-state index is 11.5. The molecular weight excluding hydrogens is 276 g/mol. The summed E-state index contributed by atoms with van der Waals surface area (Å²) in [7, 11) is 1.88. The summed E-state index contributed by atoms with van der Waals surface area (Å²) >= 11 is 6.30. The topological polar surface area (TPSA) is 55.1 Å². The van der Waals surface area contributed by atoms with Crippen molar-refractivity contribution in [1.29, 1.82) is 0 Å². The smallest absolute Gasteiger partial charge is 0.306 e. The van der Waals surface area contributed by atoms with Gasteiger partial charge in [0.25, 0.3) is 0 Å². The molecule has 0 amide bonds. The first-order chi connectivity index (χ1) is 9.43. The first kappa shape index (κ1) is 15.4. The van der Waals surface area contributed by atoms with Crippen molar-refractivity contribution in [2.24, 2.45) is 24.8 Å². The van der Waals surface area contributed by atoms with Crippen molar-refractivity contribution >= 4 is 17.6 Å². The number of hydrogen-bond acceptors (Lipinski definition) is 2. The number of halogens is 1. The fourth-order valence-corrected chi connectivity index (χ4v) is 3.67. The number of aliphatic carboxylic acids is 1. The molecule has 0 radical (unpaired) electrons. The Morgan fingerprint density at radius 2 is 2.20 bits per heavy atom. The molecular formula is C15H23ClN2O2. The van der Waals surface area contributed by atoms with Crippen molar-refractivity contribution in [3.05, 3.63) is 16.4 Å². The highest BCUT2D eigenvalue weighted by Gasteiger charge is 2.35. The minimum absolute atomic E-state index is 0.165. The minimum atomic E-state index is -0.667. The van der Waals surface area contributed by atoms with Crippen LogP contribution in [0.1, 0.15) is 44.0 Å². The lowest BCUT2D eigenvalue weighted by molar-refractivity contribution is -0.145. The fraction of sp³-hybridized carbons (Fsp3) is 0.733. The van der Waals surface area contributed by atoms with Gasteiger partial charge < -0.3 is 5.11 Å². The molecule has 0 saturated heterocycles. The zero-order valence-electron chi connectivity index (χ0n) is 12.4. The lowest BCUT2D eigenvalue weighted by Gasteiger charge is -2.33. The van der Waals surface area contributed by atoms with E-state index in [0.29, 0.717) is 17.4 Å². The molecule has 0 aromatic carbocycles. The zero-order chi connectivity index (χ0) is 14.9. The second-order valence-corrected chi connectivity index (χ2v) is 6.34. The van der Waals surface area contributed by atoms with E-state index in [1.807, 2.05) is 14.0 Å². The third kappa shape index (κ3) is 3.00. The van der Waals surface area contributed by atoms with E-state index >= 15 is 0 Å². The molecule has 1 fully saturated rings. The van der Waals surface area contributed by atoms with Gasteiger partial charge >= 0.3 is 5.97 Å². The van der Waals surface area contributed by atoms with Gasteiger partial charge in [-0.25, -0.2) is 0 Å². The Labute approximate surface area is 125 Å². The van der Waals surface area contributed by atoms with Crippen LogP contribution in [0.4, 0.5) is 0 Å². The Morgan fingerprint density at radius 1 is 1.50 bits per heavy atom. The van der Waals surface area contributed by atoms with E-state index in [1.165, 1.54) is 0 Å². The van der Waals surface area contributed by atoms with E-state index in [1.54, 1.807) is 4.68 Å². The number of aromatic nitrogens is 2. The highest BCUT2D eigenvalue weighted by atomic mass is 35.5. The number of aryl methyl sites for hydroxylation is 2. The molecule has 3 atom stereocenters. The largest absolute Gasteiger partial charge is 0.481 e. The quantitative estimate of drug-likeness (QED) is 0.926. The number of nitrogens with zero attached hydrogens (tertiary/aromatic N) is 2. The van der Waals surface area contributed by atoms with E-state index in [2.05, 4.69) is 12.0 Å². The Kier molecular flexibility index (Phi) is 4.74. The monoisotopic (exact) mass is 298 g/mol. The third-order valence-corrected chi connectivity index (χ3v) is 5.19. The Morgan fingerprint density at radius 3 is 2.70 bits per heavy atom. The van der Waals surface area contributed by atoms with Crippen LogP contribution in [0, 0.1) is 24.7 Å². The molecule has 1 saturated carbocycles. The van der Waals surface area contributed by atoms with Crippen LogP contribution in [-0.2, 0) is 18.3 Å². The van der Waals surface area contributed by atoms with Crippen molar-refractivity contribution in [2.45, 2.75) is 46.0 Å². The summed E-state index contributed by atoms with van der Waals surface area (Å²) in [6, 6.07) is 0. The van der Waals surface area contributed by atoms with E-state index in [9.17, 15) is 9.90 Å². The van der Waals surface area contributed by atoms with Crippen molar-refractivity contribution in [2.75, 3.05) is 0 Å². The predicted molar refractivity (Wildman–Crippen MR) is 78.9 cm³/mol. The summed E-state index contributed by atoms with van der Waals surface area (Å²) in [5.41, 5.74) is 1.79. The van der Waals surface area contributed by atoms with Crippen LogP contribution in [0.2, 0.25) is 5.02 Å². The highest BCUT2D eigenvalue weighted by Crippen LogP contribution is 2.38. The van der Waals surface area contributed by atoms with E-state index < -0.39 is 5.97 Å². The molecule has 1 heterocycles. The van der Waals surface area contributed by atoms with Crippen LogP contribution >= 0.6 is 11.6 Å². The summed E-state index contributed by atoms with van der Waals surface area (Å²) in [5.74, 6) is -0.106. The van der Waals surface area contributed by atoms with Gasteiger partial charge in [-0.3, -0.25) is 9.48 Å². The average molecular weight is 299 g/mol. The standard InChI is InChI=1S/C15H23ClN2O2/c1-4-10-5-6-12(15(19)20)11(7-10)8-13-14(16)9(2)17-18(13)3/h10-12H,4-8H2,1-3H3,(H,19,20). The van der Waals surface area contributed by atoms with Gasteiger partial charge in [-0.15, -0.1) is 0 Å². The lowest BCUT2D eigenvalue weighted by atomic mass is 9.71. The van der Waals surface area contributed by atoms with Gasteiger partial charge in [0.15, 0.2) is 0 Å². The van der Waals surface area contributed by atoms with Gasteiger partial charge in [0, 0.05) is 7.05 Å². The van der Waals surface area contributed by atoms with E-state index in [0.717, 1.165) is 37.1 Å². The number of rotatable bonds is 4. The molecule has 1 aliphatic carbocycles. The fourth-order valence-electron chi connectivity index (χ4n) is 3.43. The first-order valence-electron chi connectivity index (χ1n) is 7.34. The van der Waals surface area contributed by atoms with Gasteiger partial charge in [-0.1, -0.05) is 24.9 Å². The van der Waals surface area contributed by atoms with Crippen LogP contribution in [0.3, 0.4) is 0 Å². The van der Waals surface area contributed by atoms with Crippen molar-refractivity contribution in [3.63, 3.8) is 0 Å². The maximum absolute atomic E-state index is 11.5. The van der Waals surface area contributed by atoms with Crippen molar-refractivity contribution < 1.29 is 9.90 Å². The summed E-state index contributed by atoms with van der Waals surface area (Å²) in [4.78, 5) is 11.5. The van der Waals surface area contributed by atoms with Crippen LogP contribution < -0.4 is 0 Å². The number of hydrogen-bond donors (Lipinski definition) is 1. The Balaban J connectivity index is 2.20. The SMILES string of the molecule is CCC1CCC(C(=O)O)C(Cc2c(Cl)c(C)nn2C)C1. The maximum Gasteiger partial charge on any atom is 0.306 e. The molecule has 2 rings (SSSR count). The molecule has 1 aromatic heterocycles. The van der Waals surface area contributed by atoms with Crippen LogP contribution in [-0.4, -0.2) is 20.9 Å². The zero-order valence-corrected chi connectivity index (χ0v) is 13.2. The lowest BCUT2D eigenvalue weighted by Crippen LogP contribution is -2.32. The number of carbonyl (C=O) groups is 1. The summed E-state index contributed by atoms with van der Waals surface area (Å²) in [5, 5.41) is 14.4. The number of carboxylic acids is 1. The molecule has 112 valence electrons. The van der Waals surface area contributed by atoms with Crippen LogP contribution in [0.5, 0.6) is 0 Å². The Hall–Kier alpha value is -1.03. The van der Waals surface area contributed by atoms with Crippen LogP contribution in [0.25, 0.3) is 0 Å². The molecule has 0 aliphatic heterocycles. The highest BCUT2D eigenvalue weighted by molar-refractivity contribution is 6.31. The summed E-state index contributed by atoms with van der Waals surface area (Å²) in [6.07, 6.45) is 4.63. The first-order valence-corrected chi connectivity index (χ1v) is 7.72. The second-order valence-electron chi connectivity index (χ2n) is 5.97. The van der Waals surface area contributed by atoms with Gasteiger partial charge in [-0.2, -0.15) is 5.10 Å². The molecule has 1 N–H and O–H groups in total. The van der Waals surface area contributed by atoms with E-state index in [4.69, 9.17) is 11.6 Å². The molecule has 3 unspecified atom stereocenters. The molecule has 1 aromatic rings. The van der Waals surface area contributed by atoms with Gasteiger partial charge in [0.1, 0.15) is 0 Å². The summed E-state index contributed by atoms with van der Waals surface area (Å²) in [6.45, 7) is 4.07. The molecule has 1 aliphatic rings. The average Bonchev–Trinajstić information content (AvgIpc) is 2.65. The minimum Gasteiger partial charge on any atom is -0.481 e. The van der Waals surface area contributed by atoms with E-state index in [-0.39, 0.29) is 11.8 Å². The van der Waals surface area contributed by atoms with Crippen molar-refractivity contribution in [1.82, 2.24) is 9.78 Å². The van der Waals surface area contributed by atoms with Gasteiger partial charge in [-0.05, 0) is 44.4 Å². The van der Waals surface area contributed by atoms with Gasteiger partial charge in [0.05, 0.1) is 22.3 Å².